The van der Waals surface area contributed by atoms with E-state index in [0.29, 0.717) is 11.6 Å². The van der Waals surface area contributed by atoms with E-state index < -0.39 is 0 Å². The Morgan fingerprint density at radius 2 is 2.33 bits per heavy atom. The Morgan fingerprint density at radius 3 is 2.92 bits per heavy atom. The highest BCUT2D eigenvalue weighted by atomic mass is 16.5. The first-order valence-electron chi connectivity index (χ1n) is 3.51. The predicted molar refractivity (Wildman–Crippen MR) is 44.2 cm³/mol. The third kappa shape index (κ3) is 1.72. The van der Waals surface area contributed by atoms with Gasteiger partial charge in [0.05, 0.1) is 7.11 Å². The molecule has 0 atom stereocenters. The first kappa shape index (κ1) is 8.52. The minimum atomic E-state index is -0.214. The molecule has 1 aromatic heterocycles. The lowest BCUT2D eigenvalue weighted by atomic mass is 10.3. The van der Waals surface area contributed by atoms with Gasteiger partial charge in [0, 0.05) is 13.1 Å². The average Bonchev–Trinajstić information content (AvgIpc) is 2.17. The molecule has 1 rings (SSSR count). The fraction of sp³-hybridized carbons (Fsp3) is 0.250. The maximum Gasteiger partial charge on any atom is 0.269 e. The summed E-state index contributed by atoms with van der Waals surface area (Å²) in [5, 5.41) is 2.48. The molecule has 0 spiro atoms. The van der Waals surface area contributed by atoms with Crippen molar-refractivity contribution in [3.63, 3.8) is 0 Å². The number of carbonyl (C=O) groups excluding carboxylic acids is 1. The van der Waals surface area contributed by atoms with Crippen molar-refractivity contribution in [2.75, 3.05) is 14.2 Å². The van der Waals surface area contributed by atoms with Crippen molar-refractivity contribution < 1.29 is 9.53 Å². The summed E-state index contributed by atoms with van der Waals surface area (Å²) >= 11 is 0. The van der Waals surface area contributed by atoms with Gasteiger partial charge in [-0.15, -0.1) is 0 Å². The molecule has 0 aliphatic rings. The number of hydrogen-bond donors (Lipinski definition) is 1. The van der Waals surface area contributed by atoms with Crippen LogP contribution in [0, 0.1) is 0 Å². The normalized spacial score (nSPS) is 9.17. The smallest absolute Gasteiger partial charge is 0.269 e. The summed E-state index contributed by atoms with van der Waals surface area (Å²) in [6, 6.07) is 5.03. The van der Waals surface area contributed by atoms with Gasteiger partial charge in [0.15, 0.2) is 0 Å². The molecule has 1 N–H and O–H groups in total. The molecule has 1 amide bonds. The molecule has 0 aromatic carbocycles. The van der Waals surface area contributed by atoms with Crippen LogP contribution in [0.5, 0.6) is 5.88 Å². The molecule has 0 radical (unpaired) electrons. The lowest BCUT2D eigenvalue weighted by Gasteiger charge is -2.00. The average molecular weight is 166 g/mol. The topological polar surface area (TPSA) is 51.2 Å². The van der Waals surface area contributed by atoms with Gasteiger partial charge in [-0.25, -0.2) is 4.98 Å². The first-order chi connectivity index (χ1) is 5.77. The van der Waals surface area contributed by atoms with E-state index in [1.807, 2.05) is 0 Å². The van der Waals surface area contributed by atoms with Crippen LogP contribution in [-0.4, -0.2) is 25.0 Å². The van der Waals surface area contributed by atoms with E-state index in [1.54, 1.807) is 25.2 Å². The highest BCUT2D eigenvalue weighted by molar-refractivity contribution is 5.92. The Kier molecular flexibility index (Phi) is 2.63. The van der Waals surface area contributed by atoms with E-state index in [0.717, 1.165) is 0 Å². The van der Waals surface area contributed by atoms with Crippen LogP contribution >= 0.6 is 0 Å². The second-order valence-corrected chi connectivity index (χ2v) is 2.14. The van der Waals surface area contributed by atoms with Crippen molar-refractivity contribution in [2.45, 2.75) is 0 Å². The highest BCUT2D eigenvalue weighted by Crippen LogP contribution is 2.05. The molecule has 0 bridgehead atoms. The number of nitrogens with zero attached hydrogens (tertiary/aromatic N) is 1. The van der Waals surface area contributed by atoms with Crippen LogP contribution in [0.25, 0.3) is 0 Å². The summed E-state index contributed by atoms with van der Waals surface area (Å²) in [6.07, 6.45) is 0. The van der Waals surface area contributed by atoms with Gasteiger partial charge < -0.3 is 10.1 Å². The maximum atomic E-state index is 11.1. The number of rotatable bonds is 2. The Morgan fingerprint density at radius 1 is 1.58 bits per heavy atom. The van der Waals surface area contributed by atoms with E-state index in [2.05, 4.69) is 10.3 Å². The van der Waals surface area contributed by atoms with Crippen LogP contribution in [0.1, 0.15) is 10.5 Å². The monoisotopic (exact) mass is 166 g/mol. The lowest BCUT2D eigenvalue weighted by Crippen LogP contribution is -2.19. The SMILES string of the molecule is CNC(=O)c1cccc(OC)n1. The van der Waals surface area contributed by atoms with Crippen molar-refractivity contribution in [3.8, 4) is 5.88 Å². The zero-order chi connectivity index (χ0) is 8.97. The van der Waals surface area contributed by atoms with Crippen LogP contribution in [0.2, 0.25) is 0 Å². The van der Waals surface area contributed by atoms with Gasteiger partial charge in [0.2, 0.25) is 5.88 Å². The van der Waals surface area contributed by atoms with Gasteiger partial charge >= 0.3 is 0 Å². The van der Waals surface area contributed by atoms with Gasteiger partial charge in [0.1, 0.15) is 5.69 Å². The summed E-state index contributed by atoms with van der Waals surface area (Å²) in [7, 11) is 3.07. The standard InChI is InChI=1S/C8H10N2O2/c1-9-8(11)6-4-3-5-7(10-6)12-2/h3-5H,1-2H3,(H,9,11). The van der Waals surface area contributed by atoms with Crippen molar-refractivity contribution >= 4 is 5.91 Å². The Bertz CT molecular complexity index is 286. The summed E-state index contributed by atoms with van der Waals surface area (Å²) in [5.74, 6) is 0.227. The molecule has 1 heterocycles. The van der Waals surface area contributed by atoms with E-state index in [9.17, 15) is 4.79 Å². The van der Waals surface area contributed by atoms with Crippen LogP contribution < -0.4 is 10.1 Å². The second-order valence-electron chi connectivity index (χ2n) is 2.14. The van der Waals surface area contributed by atoms with Gasteiger partial charge in [-0.2, -0.15) is 0 Å². The molecule has 0 saturated carbocycles. The van der Waals surface area contributed by atoms with E-state index >= 15 is 0 Å². The molecule has 4 nitrogen and oxygen atoms in total. The molecule has 0 unspecified atom stereocenters. The number of nitrogens with one attached hydrogen (secondary N) is 1. The predicted octanol–water partition coefficient (Wildman–Crippen LogP) is 0.450. The van der Waals surface area contributed by atoms with Crippen LogP contribution in [0.4, 0.5) is 0 Å². The number of amides is 1. The van der Waals surface area contributed by atoms with Crippen LogP contribution in [-0.2, 0) is 0 Å². The molecule has 0 aliphatic carbocycles. The van der Waals surface area contributed by atoms with Gasteiger partial charge in [-0.1, -0.05) is 6.07 Å². The Hall–Kier alpha value is -1.58. The van der Waals surface area contributed by atoms with Gasteiger partial charge in [-0.3, -0.25) is 4.79 Å². The summed E-state index contributed by atoms with van der Waals surface area (Å²) < 4.78 is 4.86. The summed E-state index contributed by atoms with van der Waals surface area (Å²) in [4.78, 5) is 15.0. The molecule has 0 fully saturated rings. The number of aromatic nitrogens is 1. The number of pyridine rings is 1. The lowest BCUT2D eigenvalue weighted by molar-refractivity contribution is 0.0957. The molecular weight excluding hydrogens is 156 g/mol. The fourth-order valence-electron chi connectivity index (χ4n) is 0.783. The molecule has 12 heavy (non-hydrogen) atoms. The van der Waals surface area contributed by atoms with Crippen molar-refractivity contribution in [1.82, 2.24) is 10.3 Å². The van der Waals surface area contributed by atoms with E-state index in [1.165, 1.54) is 7.11 Å². The van der Waals surface area contributed by atoms with Crippen molar-refractivity contribution in [3.05, 3.63) is 23.9 Å². The Balaban J connectivity index is 2.93. The molecular formula is C8H10N2O2. The first-order valence-corrected chi connectivity index (χ1v) is 3.51. The van der Waals surface area contributed by atoms with Gasteiger partial charge in [0.25, 0.3) is 5.91 Å². The number of carbonyl (C=O) groups is 1. The minimum absolute atomic E-state index is 0.214. The number of methoxy groups -OCH3 is 1. The maximum absolute atomic E-state index is 11.1. The molecule has 0 saturated heterocycles. The van der Waals surface area contributed by atoms with Crippen LogP contribution in [0.15, 0.2) is 18.2 Å². The number of ether oxygens (including phenoxy) is 1. The quantitative estimate of drug-likeness (QED) is 0.694. The molecule has 4 heteroatoms. The minimum Gasteiger partial charge on any atom is -0.481 e. The largest absolute Gasteiger partial charge is 0.481 e. The second kappa shape index (κ2) is 3.71. The zero-order valence-corrected chi connectivity index (χ0v) is 7.00. The summed E-state index contributed by atoms with van der Waals surface area (Å²) in [5.41, 5.74) is 0.358. The Labute approximate surface area is 70.6 Å². The third-order valence-electron chi connectivity index (χ3n) is 1.39. The fourth-order valence-corrected chi connectivity index (χ4v) is 0.783. The van der Waals surface area contributed by atoms with Gasteiger partial charge in [-0.05, 0) is 6.07 Å². The van der Waals surface area contributed by atoms with E-state index in [-0.39, 0.29) is 5.91 Å². The zero-order valence-electron chi connectivity index (χ0n) is 7.00. The van der Waals surface area contributed by atoms with Crippen molar-refractivity contribution in [2.24, 2.45) is 0 Å². The molecule has 1 aromatic rings. The van der Waals surface area contributed by atoms with E-state index in [4.69, 9.17) is 4.74 Å². The number of hydrogen-bond acceptors (Lipinski definition) is 3. The van der Waals surface area contributed by atoms with Crippen LogP contribution in [0.3, 0.4) is 0 Å². The molecule has 0 aliphatic heterocycles. The third-order valence-corrected chi connectivity index (χ3v) is 1.39. The van der Waals surface area contributed by atoms with Crippen molar-refractivity contribution in [1.29, 1.82) is 0 Å². The summed E-state index contributed by atoms with van der Waals surface area (Å²) in [6.45, 7) is 0. The molecule has 64 valence electrons. The highest BCUT2D eigenvalue weighted by Gasteiger charge is 2.04.